The number of carbonyl (C=O) groups is 1. The van der Waals surface area contributed by atoms with Gasteiger partial charge in [-0.2, -0.15) is 10.1 Å². The zero-order chi connectivity index (χ0) is 20.8. The van der Waals surface area contributed by atoms with E-state index in [4.69, 9.17) is 9.78 Å². The van der Waals surface area contributed by atoms with E-state index in [1.54, 1.807) is 12.1 Å². The lowest BCUT2D eigenvalue weighted by molar-refractivity contribution is -0.241. The van der Waals surface area contributed by atoms with Crippen LogP contribution < -0.4 is 0 Å². The number of rotatable bonds is 7. The average Bonchev–Trinajstić information content (AvgIpc) is 3.28. The third kappa shape index (κ3) is 4.22. The number of H-pyrrole nitrogens is 1. The highest BCUT2D eigenvalue weighted by atomic mass is 17.2. The number of nitrogens with one attached hydrogen (secondary N) is 1. The highest BCUT2D eigenvalue weighted by molar-refractivity contribution is 6.01. The molecule has 4 aromatic rings. The second-order valence-corrected chi connectivity index (χ2v) is 6.75. The van der Waals surface area contributed by atoms with Gasteiger partial charge in [-0.05, 0) is 47.7 Å². The number of fused-ring (bicyclic) bond motifs is 1. The molecule has 6 nitrogen and oxygen atoms in total. The fraction of sp³-hybridized carbons (Fsp3) is 0.125. The van der Waals surface area contributed by atoms with Crippen LogP contribution in [0, 0.1) is 11.3 Å². The van der Waals surface area contributed by atoms with Gasteiger partial charge in [0.1, 0.15) is 5.52 Å². The molecule has 0 bridgehead atoms. The number of nitriles is 1. The molecular weight excluding hydrogens is 378 g/mol. The molecule has 0 fully saturated rings. The van der Waals surface area contributed by atoms with E-state index in [1.807, 2.05) is 54.6 Å². The first kappa shape index (κ1) is 19.4. The molecule has 0 aliphatic carbocycles. The predicted molar refractivity (Wildman–Crippen MR) is 112 cm³/mol. The zero-order valence-corrected chi connectivity index (χ0v) is 16.2. The summed E-state index contributed by atoms with van der Waals surface area (Å²) in [5, 5.41) is 9.25. The van der Waals surface area contributed by atoms with Gasteiger partial charge in [0.2, 0.25) is 0 Å². The molecule has 0 saturated carbocycles. The van der Waals surface area contributed by atoms with Crippen LogP contribution in [0.3, 0.4) is 0 Å². The first-order valence-corrected chi connectivity index (χ1v) is 9.60. The molecular formula is C24H19N3O3. The summed E-state index contributed by atoms with van der Waals surface area (Å²) in [6.45, 7) is 0.293. The Morgan fingerprint density at radius 2 is 1.87 bits per heavy atom. The molecule has 0 atom stereocenters. The minimum atomic E-state index is -0.562. The second-order valence-electron chi connectivity index (χ2n) is 6.75. The summed E-state index contributed by atoms with van der Waals surface area (Å²) >= 11 is 0. The Morgan fingerprint density at radius 1 is 1.03 bits per heavy atom. The average molecular weight is 397 g/mol. The van der Waals surface area contributed by atoms with Crippen molar-refractivity contribution < 1.29 is 14.6 Å². The first-order chi connectivity index (χ1) is 14.8. The van der Waals surface area contributed by atoms with E-state index in [1.165, 1.54) is 6.33 Å². The Kier molecular flexibility index (Phi) is 5.83. The molecule has 0 unspecified atom stereocenters. The lowest BCUT2D eigenvalue weighted by Crippen LogP contribution is -2.08. The van der Waals surface area contributed by atoms with E-state index in [0.29, 0.717) is 29.7 Å². The first-order valence-electron chi connectivity index (χ1n) is 9.60. The number of para-hydroxylation sites is 1. The summed E-state index contributed by atoms with van der Waals surface area (Å²) in [5.74, 6) is -0.562. The van der Waals surface area contributed by atoms with Crippen molar-refractivity contribution in [2.75, 3.05) is 6.61 Å². The van der Waals surface area contributed by atoms with Crippen molar-refractivity contribution in [2.24, 2.45) is 0 Å². The molecule has 0 aliphatic rings. The fourth-order valence-corrected chi connectivity index (χ4v) is 3.29. The number of aryl methyl sites for hydroxylation is 1. The van der Waals surface area contributed by atoms with Crippen molar-refractivity contribution in [2.45, 2.75) is 12.8 Å². The topological polar surface area (TPSA) is 88.0 Å². The molecule has 1 aromatic heterocycles. The molecule has 30 heavy (non-hydrogen) atoms. The Balaban J connectivity index is 1.26. The highest BCUT2D eigenvalue weighted by Crippen LogP contribution is 2.23. The Hall–Kier alpha value is -3.95. The monoisotopic (exact) mass is 397 g/mol. The normalized spacial score (nSPS) is 10.6. The van der Waals surface area contributed by atoms with Crippen LogP contribution in [-0.4, -0.2) is 22.5 Å². The summed E-state index contributed by atoms with van der Waals surface area (Å²) in [4.78, 5) is 29.3. The molecule has 0 saturated heterocycles. The Bertz CT molecular complexity index is 1210. The van der Waals surface area contributed by atoms with Gasteiger partial charge in [-0.15, -0.1) is 0 Å². The lowest BCUT2D eigenvalue weighted by atomic mass is 9.98. The van der Waals surface area contributed by atoms with Gasteiger partial charge in [-0.3, -0.25) is 4.89 Å². The second kappa shape index (κ2) is 9.03. The minimum absolute atomic E-state index is 0.293. The van der Waals surface area contributed by atoms with Crippen LogP contribution in [-0.2, 0) is 16.2 Å². The van der Waals surface area contributed by atoms with Crippen molar-refractivity contribution in [3.63, 3.8) is 0 Å². The van der Waals surface area contributed by atoms with Crippen LogP contribution in [0.25, 0.3) is 22.2 Å². The van der Waals surface area contributed by atoms with Crippen LogP contribution in [0.1, 0.15) is 27.9 Å². The van der Waals surface area contributed by atoms with Gasteiger partial charge in [0, 0.05) is 0 Å². The van der Waals surface area contributed by atoms with E-state index in [-0.39, 0.29) is 0 Å². The van der Waals surface area contributed by atoms with Crippen LogP contribution in [0.15, 0.2) is 73.1 Å². The molecule has 6 heteroatoms. The quantitative estimate of drug-likeness (QED) is 0.274. The maximum absolute atomic E-state index is 12.2. The summed E-state index contributed by atoms with van der Waals surface area (Å²) in [6.07, 6.45) is 3.02. The van der Waals surface area contributed by atoms with Gasteiger partial charge in [-0.25, -0.2) is 9.78 Å². The van der Waals surface area contributed by atoms with Gasteiger partial charge in [0.25, 0.3) is 0 Å². The van der Waals surface area contributed by atoms with E-state index in [2.05, 4.69) is 16.0 Å². The van der Waals surface area contributed by atoms with Gasteiger partial charge >= 0.3 is 5.97 Å². The molecule has 0 aliphatic heterocycles. The zero-order valence-electron chi connectivity index (χ0n) is 16.2. The largest absolute Gasteiger partial charge is 0.375 e. The van der Waals surface area contributed by atoms with Gasteiger partial charge < -0.3 is 4.98 Å². The number of imidazole rings is 1. The predicted octanol–water partition coefficient (Wildman–Crippen LogP) is 4.82. The Morgan fingerprint density at radius 3 is 2.70 bits per heavy atom. The number of hydrogen-bond acceptors (Lipinski definition) is 5. The third-order valence-electron chi connectivity index (χ3n) is 4.81. The minimum Gasteiger partial charge on any atom is -0.345 e. The fourth-order valence-electron chi connectivity index (χ4n) is 3.29. The van der Waals surface area contributed by atoms with Crippen LogP contribution >= 0.6 is 0 Å². The summed E-state index contributed by atoms with van der Waals surface area (Å²) < 4.78 is 0. The molecule has 148 valence electrons. The Labute approximate surface area is 173 Å². The smallest absolute Gasteiger partial charge is 0.345 e. The van der Waals surface area contributed by atoms with Crippen LogP contribution in [0.4, 0.5) is 0 Å². The highest BCUT2D eigenvalue weighted by Gasteiger charge is 2.14. The van der Waals surface area contributed by atoms with E-state index in [9.17, 15) is 10.1 Å². The standard InChI is InChI=1S/C24H19N3O3/c25-15-19-6-1-2-7-20(19)18-12-10-17(11-13-18)5-4-14-29-30-24(28)21-8-3-9-22-23(21)27-16-26-22/h1-3,6-13,16H,4-5,14H2,(H,26,27). The number of nitrogens with zero attached hydrogens (tertiary/aromatic N) is 2. The third-order valence-corrected chi connectivity index (χ3v) is 4.81. The van der Waals surface area contributed by atoms with Crippen molar-refractivity contribution in [3.8, 4) is 17.2 Å². The molecule has 0 radical (unpaired) electrons. The molecule has 0 amide bonds. The van der Waals surface area contributed by atoms with Crippen molar-refractivity contribution in [1.29, 1.82) is 5.26 Å². The molecule has 1 heterocycles. The lowest BCUT2D eigenvalue weighted by Gasteiger charge is -2.07. The summed E-state index contributed by atoms with van der Waals surface area (Å²) in [6, 6.07) is 23.1. The maximum atomic E-state index is 12.2. The van der Waals surface area contributed by atoms with E-state index in [0.717, 1.165) is 28.6 Å². The van der Waals surface area contributed by atoms with E-state index >= 15 is 0 Å². The molecule has 4 rings (SSSR count). The number of carbonyl (C=O) groups excluding carboxylic acids is 1. The van der Waals surface area contributed by atoms with Crippen molar-refractivity contribution in [3.05, 3.63) is 89.7 Å². The number of hydrogen-bond donors (Lipinski definition) is 1. The van der Waals surface area contributed by atoms with Crippen molar-refractivity contribution in [1.82, 2.24) is 9.97 Å². The molecule has 0 spiro atoms. The maximum Gasteiger partial charge on any atom is 0.375 e. The molecule has 1 N–H and O–H groups in total. The molecule has 3 aromatic carbocycles. The van der Waals surface area contributed by atoms with Crippen LogP contribution in [0.5, 0.6) is 0 Å². The number of benzene rings is 3. The van der Waals surface area contributed by atoms with E-state index < -0.39 is 5.97 Å². The number of aromatic amines is 1. The summed E-state index contributed by atoms with van der Waals surface area (Å²) in [5.41, 5.74) is 5.43. The van der Waals surface area contributed by atoms with Crippen molar-refractivity contribution >= 4 is 17.0 Å². The SMILES string of the molecule is N#Cc1ccccc1-c1ccc(CCCOOC(=O)c2cccc3[nH]cnc23)cc1. The summed E-state index contributed by atoms with van der Waals surface area (Å²) in [7, 11) is 0. The van der Waals surface area contributed by atoms with Gasteiger partial charge in [0.15, 0.2) is 0 Å². The van der Waals surface area contributed by atoms with Crippen LogP contribution in [0.2, 0.25) is 0 Å². The van der Waals surface area contributed by atoms with Gasteiger partial charge in [-0.1, -0.05) is 48.5 Å². The number of aromatic nitrogens is 2. The van der Waals surface area contributed by atoms with Gasteiger partial charge in [0.05, 0.1) is 35.6 Å².